The fraction of sp³-hybridized carbons (Fsp3) is 0.308. The van der Waals surface area contributed by atoms with Crippen LogP contribution in [-0.4, -0.2) is 70.5 Å². The predicted molar refractivity (Wildman–Crippen MR) is 126 cm³/mol. The number of carbonyl (C=O) groups excluding carboxylic acids is 2. The highest BCUT2D eigenvalue weighted by Crippen LogP contribution is 2.26. The average molecular weight is 479 g/mol. The molecule has 2 amide bonds. The Morgan fingerprint density at radius 1 is 1.11 bits per heavy atom. The van der Waals surface area contributed by atoms with Gasteiger partial charge in [-0.15, -0.1) is 0 Å². The summed E-state index contributed by atoms with van der Waals surface area (Å²) in [5.41, 5.74) is 0.278. The molecule has 0 aliphatic carbocycles. The SMILES string of the molecule is CN(Cc1ccccc1)C(=O)C[C@]1(COc2ccc(F)cc2)CN(C(=O)c2cncnc2)CCO1. The summed E-state index contributed by atoms with van der Waals surface area (Å²) < 4.78 is 25.4. The maximum Gasteiger partial charge on any atom is 0.257 e. The van der Waals surface area contributed by atoms with Gasteiger partial charge in [-0.3, -0.25) is 9.59 Å². The first-order chi connectivity index (χ1) is 16.9. The molecule has 4 rings (SSSR count). The molecule has 0 N–H and O–H groups in total. The molecule has 0 spiro atoms. The molecular weight excluding hydrogens is 451 g/mol. The Morgan fingerprint density at radius 2 is 1.83 bits per heavy atom. The summed E-state index contributed by atoms with van der Waals surface area (Å²) in [4.78, 5) is 37.4. The van der Waals surface area contributed by atoms with Crippen molar-refractivity contribution in [2.45, 2.75) is 18.6 Å². The number of hydrogen-bond donors (Lipinski definition) is 0. The van der Waals surface area contributed by atoms with Crippen molar-refractivity contribution in [1.82, 2.24) is 19.8 Å². The van der Waals surface area contributed by atoms with E-state index in [0.29, 0.717) is 24.4 Å². The Hall–Kier alpha value is -3.85. The smallest absolute Gasteiger partial charge is 0.257 e. The lowest BCUT2D eigenvalue weighted by molar-refractivity contribution is -0.152. The summed E-state index contributed by atoms with van der Waals surface area (Å²) in [6.45, 7) is 1.20. The minimum atomic E-state index is -1.08. The first kappa shape index (κ1) is 24.3. The second-order valence-electron chi connectivity index (χ2n) is 8.54. The summed E-state index contributed by atoms with van der Waals surface area (Å²) in [5.74, 6) is -0.320. The van der Waals surface area contributed by atoms with Crippen molar-refractivity contribution in [1.29, 1.82) is 0 Å². The molecule has 0 radical (unpaired) electrons. The number of hydrogen-bond acceptors (Lipinski definition) is 6. The third-order valence-electron chi connectivity index (χ3n) is 5.82. The van der Waals surface area contributed by atoms with Gasteiger partial charge in [0.1, 0.15) is 30.1 Å². The van der Waals surface area contributed by atoms with Crippen LogP contribution in [0.4, 0.5) is 4.39 Å². The van der Waals surface area contributed by atoms with E-state index in [1.54, 1.807) is 16.8 Å². The van der Waals surface area contributed by atoms with Crippen LogP contribution in [0.25, 0.3) is 0 Å². The molecule has 9 heteroatoms. The highest BCUT2D eigenvalue weighted by atomic mass is 19.1. The average Bonchev–Trinajstić information content (AvgIpc) is 2.89. The maximum absolute atomic E-state index is 13.3. The monoisotopic (exact) mass is 478 g/mol. The quantitative estimate of drug-likeness (QED) is 0.495. The Bertz CT molecular complexity index is 1130. The number of morpholine rings is 1. The molecule has 1 atom stereocenters. The number of ether oxygens (including phenoxy) is 2. The molecule has 35 heavy (non-hydrogen) atoms. The van der Waals surface area contributed by atoms with Gasteiger partial charge in [0.15, 0.2) is 0 Å². The topological polar surface area (TPSA) is 84.9 Å². The number of rotatable bonds is 8. The standard InChI is InChI=1S/C26H27FN4O4/c1-30(16-20-5-3-2-4-6-20)24(32)13-26(18-34-23-9-7-22(27)8-10-23)17-31(11-12-35-26)25(33)21-14-28-19-29-15-21/h2-10,14-15,19H,11-13,16-18H2,1H3/t26-/m1/s1. The second kappa shape index (κ2) is 11.1. The molecule has 3 aromatic rings. The van der Waals surface area contributed by atoms with Gasteiger partial charge in [0.25, 0.3) is 5.91 Å². The molecule has 2 heterocycles. The first-order valence-electron chi connectivity index (χ1n) is 11.3. The van der Waals surface area contributed by atoms with Crippen LogP contribution in [0.2, 0.25) is 0 Å². The van der Waals surface area contributed by atoms with Crippen molar-refractivity contribution in [3.63, 3.8) is 0 Å². The Morgan fingerprint density at radius 3 is 2.54 bits per heavy atom. The third kappa shape index (κ3) is 6.39. The maximum atomic E-state index is 13.3. The van der Waals surface area contributed by atoms with Crippen LogP contribution in [0, 0.1) is 5.82 Å². The first-order valence-corrected chi connectivity index (χ1v) is 11.3. The molecule has 1 aromatic heterocycles. The van der Waals surface area contributed by atoms with Gasteiger partial charge in [-0.2, -0.15) is 0 Å². The largest absolute Gasteiger partial charge is 0.490 e. The van der Waals surface area contributed by atoms with Crippen molar-refractivity contribution in [3.8, 4) is 5.75 Å². The van der Waals surface area contributed by atoms with E-state index in [-0.39, 0.29) is 43.8 Å². The second-order valence-corrected chi connectivity index (χ2v) is 8.54. The van der Waals surface area contributed by atoms with Crippen LogP contribution in [0.3, 0.4) is 0 Å². The summed E-state index contributed by atoms with van der Waals surface area (Å²) in [6, 6.07) is 15.3. The lowest BCUT2D eigenvalue weighted by atomic mass is 9.96. The highest BCUT2D eigenvalue weighted by Gasteiger charge is 2.42. The van der Waals surface area contributed by atoms with Crippen LogP contribution in [-0.2, 0) is 16.1 Å². The Balaban J connectivity index is 1.51. The minimum Gasteiger partial charge on any atom is -0.490 e. The van der Waals surface area contributed by atoms with Crippen molar-refractivity contribution in [2.75, 3.05) is 33.4 Å². The molecule has 1 aliphatic heterocycles. The van der Waals surface area contributed by atoms with Crippen LogP contribution in [0.1, 0.15) is 22.3 Å². The van der Waals surface area contributed by atoms with Crippen LogP contribution in [0.15, 0.2) is 73.3 Å². The van der Waals surface area contributed by atoms with Crippen LogP contribution in [0.5, 0.6) is 5.75 Å². The van der Waals surface area contributed by atoms with Crippen LogP contribution >= 0.6 is 0 Å². The van der Waals surface area contributed by atoms with Crippen molar-refractivity contribution < 1.29 is 23.5 Å². The van der Waals surface area contributed by atoms with E-state index in [1.807, 2.05) is 30.3 Å². The highest BCUT2D eigenvalue weighted by molar-refractivity contribution is 5.93. The molecule has 1 fully saturated rings. The van der Waals surface area contributed by atoms with E-state index in [2.05, 4.69) is 9.97 Å². The summed E-state index contributed by atoms with van der Waals surface area (Å²) in [5, 5.41) is 0. The normalized spacial score (nSPS) is 17.6. The number of amides is 2. The van der Waals surface area contributed by atoms with E-state index in [9.17, 15) is 14.0 Å². The van der Waals surface area contributed by atoms with E-state index in [1.165, 1.54) is 43.0 Å². The lowest BCUT2D eigenvalue weighted by Crippen LogP contribution is -2.58. The van der Waals surface area contributed by atoms with Gasteiger partial charge < -0.3 is 19.3 Å². The zero-order chi connectivity index (χ0) is 24.7. The number of benzene rings is 2. The van der Waals surface area contributed by atoms with Gasteiger partial charge in [0, 0.05) is 32.5 Å². The number of aromatic nitrogens is 2. The van der Waals surface area contributed by atoms with Gasteiger partial charge in [0.05, 0.1) is 25.1 Å². The Kier molecular flexibility index (Phi) is 7.67. The zero-order valence-corrected chi connectivity index (χ0v) is 19.5. The van der Waals surface area contributed by atoms with Gasteiger partial charge in [-0.25, -0.2) is 14.4 Å². The molecule has 0 bridgehead atoms. The number of nitrogens with zero attached hydrogens (tertiary/aromatic N) is 4. The molecule has 182 valence electrons. The molecule has 1 saturated heterocycles. The van der Waals surface area contributed by atoms with Gasteiger partial charge in [-0.05, 0) is 29.8 Å². The number of halogens is 1. The molecular formula is C26H27FN4O4. The summed E-state index contributed by atoms with van der Waals surface area (Å²) in [7, 11) is 1.73. The van der Waals surface area contributed by atoms with Gasteiger partial charge in [0.2, 0.25) is 5.91 Å². The van der Waals surface area contributed by atoms with Gasteiger partial charge >= 0.3 is 0 Å². The molecule has 2 aromatic carbocycles. The minimum absolute atomic E-state index is 0.00655. The van der Waals surface area contributed by atoms with Crippen molar-refractivity contribution >= 4 is 11.8 Å². The van der Waals surface area contributed by atoms with E-state index < -0.39 is 5.60 Å². The van der Waals surface area contributed by atoms with Crippen molar-refractivity contribution in [3.05, 3.63) is 90.3 Å². The summed E-state index contributed by atoms with van der Waals surface area (Å²) >= 11 is 0. The lowest BCUT2D eigenvalue weighted by Gasteiger charge is -2.42. The summed E-state index contributed by atoms with van der Waals surface area (Å²) in [6.07, 6.45) is 4.28. The van der Waals surface area contributed by atoms with E-state index in [0.717, 1.165) is 5.56 Å². The van der Waals surface area contributed by atoms with Gasteiger partial charge in [-0.1, -0.05) is 30.3 Å². The van der Waals surface area contributed by atoms with Crippen molar-refractivity contribution in [2.24, 2.45) is 0 Å². The zero-order valence-electron chi connectivity index (χ0n) is 19.5. The third-order valence-corrected chi connectivity index (χ3v) is 5.82. The number of carbonyl (C=O) groups is 2. The fourth-order valence-corrected chi connectivity index (χ4v) is 3.96. The molecule has 1 aliphatic rings. The molecule has 0 saturated carbocycles. The van der Waals surface area contributed by atoms with Crippen LogP contribution < -0.4 is 4.74 Å². The van der Waals surface area contributed by atoms with E-state index >= 15 is 0 Å². The fourth-order valence-electron chi connectivity index (χ4n) is 3.96. The molecule has 0 unspecified atom stereocenters. The molecule has 8 nitrogen and oxygen atoms in total. The predicted octanol–water partition coefficient (Wildman–Crippen LogP) is 2.95. The Labute approximate surface area is 203 Å². The van der Waals surface area contributed by atoms with E-state index in [4.69, 9.17) is 9.47 Å².